The largest absolute Gasteiger partial charge is 0.395 e. The van der Waals surface area contributed by atoms with Crippen molar-refractivity contribution in [1.29, 1.82) is 0 Å². The van der Waals surface area contributed by atoms with Crippen LogP contribution in [-0.2, 0) is 0 Å². The second kappa shape index (κ2) is 7.89. The average molecular weight is 270 g/mol. The molecule has 0 bridgehead atoms. The van der Waals surface area contributed by atoms with Crippen LogP contribution < -0.4 is 5.73 Å². The molecule has 4 heteroatoms. The topological polar surface area (TPSA) is 49.5 Å². The Kier molecular flexibility index (Phi) is 6.86. The van der Waals surface area contributed by atoms with E-state index in [4.69, 9.17) is 5.73 Å². The number of hydrogen-bond acceptors (Lipinski definition) is 4. The molecule has 0 aliphatic rings. The molecule has 1 heterocycles. The van der Waals surface area contributed by atoms with Crippen molar-refractivity contribution in [1.82, 2.24) is 4.90 Å². The molecule has 0 aliphatic carbocycles. The number of rotatable bonds is 8. The minimum absolute atomic E-state index is 0.0618. The maximum absolute atomic E-state index is 9.32. The molecule has 2 unspecified atom stereocenters. The Bertz CT molecular complexity index is 310. The van der Waals surface area contributed by atoms with Gasteiger partial charge < -0.3 is 10.8 Å². The maximum Gasteiger partial charge on any atom is 0.0558 e. The summed E-state index contributed by atoms with van der Waals surface area (Å²) in [5.74, 6) is 0. The Morgan fingerprint density at radius 3 is 2.44 bits per heavy atom. The first-order valence-electron chi connectivity index (χ1n) is 6.79. The van der Waals surface area contributed by atoms with Gasteiger partial charge in [-0.2, -0.15) is 11.3 Å². The summed E-state index contributed by atoms with van der Waals surface area (Å²) in [7, 11) is 0. The molecule has 0 radical (unpaired) electrons. The summed E-state index contributed by atoms with van der Waals surface area (Å²) in [5, 5.41) is 13.6. The van der Waals surface area contributed by atoms with Gasteiger partial charge in [0.2, 0.25) is 0 Å². The van der Waals surface area contributed by atoms with Gasteiger partial charge in [0, 0.05) is 18.6 Å². The van der Waals surface area contributed by atoms with Crippen LogP contribution in [0.2, 0.25) is 0 Å². The summed E-state index contributed by atoms with van der Waals surface area (Å²) in [5.41, 5.74) is 7.46. The van der Waals surface area contributed by atoms with E-state index in [-0.39, 0.29) is 18.7 Å². The van der Waals surface area contributed by atoms with Crippen molar-refractivity contribution in [2.45, 2.75) is 51.7 Å². The van der Waals surface area contributed by atoms with Gasteiger partial charge in [-0.1, -0.05) is 13.8 Å². The Morgan fingerprint density at radius 2 is 2.06 bits per heavy atom. The van der Waals surface area contributed by atoms with Crippen LogP contribution in [-0.4, -0.2) is 35.2 Å². The van der Waals surface area contributed by atoms with E-state index in [1.165, 1.54) is 5.56 Å². The van der Waals surface area contributed by atoms with Crippen molar-refractivity contribution >= 4 is 11.3 Å². The highest BCUT2D eigenvalue weighted by molar-refractivity contribution is 7.07. The van der Waals surface area contributed by atoms with Crippen LogP contribution in [0.25, 0.3) is 0 Å². The summed E-state index contributed by atoms with van der Waals surface area (Å²) in [6, 6.07) is 2.89. The van der Waals surface area contributed by atoms with Gasteiger partial charge in [-0.25, -0.2) is 0 Å². The number of hydrogen-bond donors (Lipinski definition) is 2. The first kappa shape index (κ1) is 15.6. The highest BCUT2D eigenvalue weighted by Crippen LogP contribution is 2.29. The van der Waals surface area contributed by atoms with Gasteiger partial charge in [0.1, 0.15) is 0 Å². The first-order chi connectivity index (χ1) is 8.65. The smallest absolute Gasteiger partial charge is 0.0558 e. The van der Waals surface area contributed by atoms with Gasteiger partial charge in [-0.05, 0) is 42.2 Å². The number of aliphatic hydroxyl groups excluding tert-OH is 1. The van der Waals surface area contributed by atoms with E-state index < -0.39 is 0 Å². The Balaban J connectivity index is 2.98. The van der Waals surface area contributed by atoms with E-state index in [0.29, 0.717) is 12.6 Å². The fourth-order valence-corrected chi connectivity index (χ4v) is 3.35. The van der Waals surface area contributed by atoms with Gasteiger partial charge >= 0.3 is 0 Å². The number of nitrogens with zero attached hydrogens (tertiary/aromatic N) is 1. The zero-order valence-corrected chi connectivity index (χ0v) is 12.5. The maximum atomic E-state index is 9.32. The van der Waals surface area contributed by atoms with Crippen molar-refractivity contribution in [3.63, 3.8) is 0 Å². The van der Waals surface area contributed by atoms with E-state index in [9.17, 15) is 5.11 Å². The molecule has 18 heavy (non-hydrogen) atoms. The Morgan fingerprint density at radius 1 is 1.39 bits per heavy atom. The van der Waals surface area contributed by atoms with Crippen molar-refractivity contribution in [2.75, 3.05) is 13.2 Å². The first-order valence-corrected chi connectivity index (χ1v) is 7.74. The van der Waals surface area contributed by atoms with Crippen LogP contribution in [0.5, 0.6) is 0 Å². The van der Waals surface area contributed by atoms with Crippen molar-refractivity contribution in [2.24, 2.45) is 5.73 Å². The summed E-state index contributed by atoms with van der Waals surface area (Å²) in [4.78, 5) is 2.37. The lowest BCUT2D eigenvalue weighted by molar-refractivity contribution is 0.0854. The van der Waals surface area contributed by atoms with Gasteiger partial charge in [-0.15, -0.1) is 0 Å². The minimum atomic E-state index is 0.0618. The summed E-state index contributed by atoms with van der Waals surface area (Å²) >= 11 is 1.70. The molecule has 3 nitrogen and oxygen atoms in total. The van der Waals surface area contributed by atoms with Crippen molar-refractivity contribution in [3.05, 3.63) is 22.4 Å². The third-order valence-corrected chi connectivity index (χ3v) is 4.21. The molecule has 0 spiro atoms. The SMILES string of the molecule is CCC(CC)N(CCO)C(c1ccsc1)C(C)N. The molecule has 0 saturated heterocycles. The molecule has 104 valence electrons. The number of nitrogens with two attached hydrogens (primary N) is 1. The highest BCUT2D eigenvalue weighted by atomic mass is 32.1. The van der Waals surface area contributed by atoms with Gasteiger partial charge in [0.25, 0.3) is 0 Å². The molecule has 3 N–H and O–H groups in total. The summed E-state index contributed by atoms with van der Waals surface area (Å²) < 4.78 is 0. The molecule has 0 saturated carbocycles. The van der Waals surface area contributed by atoms with Crippen LogP contribution in [0, 0.1) is 0 Å². The second-order valence-electron chi connectivity index (χ2n) is 4.79. The predicted molar refractivity (Wildman–Crippen MR) is 78.9 cm³/mol. The van der Waals surface area contributed by atoms with E-state index >= 15 is 0 Å². The van der Waals surface area contributed by atoms with Crippen LogP contribution in [0.3, 0.4) is 0 Å². The lowest BCUT2D eigenvalue weighted by Gasteiger charge is -2.39. The summed E-state index contributed by atoms with van der Waals surface area (Å²) in [6.45, 7) is 7.32. The lowest BCUT2D eigenvalue weighted by Crippen LogP contribution is -2.46. The third-order valence-electron chi connectivity index (χ3n) is 3.51. The highest BCUT2D eigenvalue weighted by Gasteiger charge is 2.28. The second-order valence-corrected chi connectivity index (χ2v) is 5.57. The van der Waals surface area contributed by atoms with Crippen LogP contribution >= 0.6 is 11.3 Å². The molecule has 0 aromatic carbocycles. The molecule has 1 aromatic heterocycles. The lowest BCUT2D eigenvalue weighted by atomic mass is 9.98. The fourth-order valence-electron chi connectivity index (χ4n) is 2.66. The van der Waals surface area contributed by atoms with Crippen molar-refractivity contribution < 1.29 is 5.11 Å². The zero-order chi connectivity index (χ0) is 13.5. The molecule has 0 fully saturated rings. The van der Waals surface area contributed by atoms with E-state index in [2.05, 4.69) is 42.5 Å². The number of aliphatic hydroxyl groups is 1. The van der Waals surface area contributed by atoms with Gasteiger partial charge in [0.15, 0.2) is 0 Å². The van der Waals surface area contributed by atoms with Crippen LogP contribution in [0.1, 0.15) is 45.2 Å². The predicted octanol–water partition coefficient (Wildman–Crippen LogP) is 2.62. The zero-order valence-electron chi connectivity index (χ0n) is 11.7. The molecule has 0 amide bonds. The quantitative estimate of drug-likeness (QED) is 0.763. The van der Waals surface area contributed by atoms with Gasteiger partial charge in [0.05, 0.1) is 12.6 Å². The standard InChI is InChI=1S/C14H26N2OS/c1-4-13(5-2)16(7-8-17)14(11(3)15)12-6-9-18-10-12/h6,9-11,13-14,17H,4-5,7-8,15H2,1-3H3. The van der Waals surface area contributed by atoms with E-state index in [0.717, 1.165) is 12.8 Å². The van der Waals surface area contributed by atoms with E-state index in [1.807, 2.05) is 0 Å². The van der Waals surface area contributed by atoms with E-state index in [1.54, 1.807) is 11.3 Å². The molecule has 2 atom stereocenters. The Hall–Kier alpha value is -0.420. The van der Waals surface area contributed by atoms with Crippen molar-refractivity contribution in [3.8, 4) is 0 Å². The third kappa shape index (κ3) is 3.79. The van der Waals surface area contributed by atoms with Crippen LogP contribution in [0.15, 0.2) is 16.8 Å². The average Bonchev–Trinajstić information content (AvgIpc) is 2.84. The normalized spacial score (nSPS) is 15.3. The molecular formula is C14H26N2OS. The molecule has 0 aliphatic heterocycles. The fraction of sp³-hybridized carbons (Fsp3) is 0.714. The van der Waals surface area contributed by atoms with Gasteiger partial charge in [-0.3, -0.25) is 4.90 Å². The molecule has 1 aromatic rings. The minimum Gasteiger partial charge on any atom is -0.395 e. The van der Waals surface area contributed by atoms with Crippen LogP contribution in [0.4, 0.5) is 0 Å². The number of thiophene rings is 1. The summed E-state index contributed by atoms with van der Waals surface area (Å²) in [6.07, 6.45) is 2.17. The molecular weight excluding hydrogens is 244 g/mol. The monoisotopic (exact) mass is 270 g/mol. The molecule has 1 rings (SSSR count). The Labute approximate surface area is 115 Å².